The minimum absolute atomic E-state index is 0.608. The van der Waals surface area contributed by atoms with Crippen molar-refractivity contribution in [2.24, 2.45) is 7.05 Å². The summed E-state index contributed by atoms with van der Waals surface area (Å²) in [7, 11) is 2.01. The maximum absolute atomic E-state index is 4.15. The van der Waals surface area contributed by atoms with Crippen LogP contribution >= 0.6 is 0 Å². The van der Waals surface area contributed by atoms with Crippen molar-refractivity contribution in [3.8, 4) is 0 Å². The number of aromatic nitrogens is 3. The molecule has 92 valence electrons. The monoisotopic (exact) mass is 224 g/mol. The Morgan fingerprint density at radius 2 is 2.06 bits per heavy atom. The Hall–Kier alpha value is -0.900. The molecule has 0 saturated carbocycles. The molecule has 0 bridgehead atoms. The van der Waals surface area contributed by atoms with Crippen LogP contribution in [-0.4, -0.2) is 20.8 Å². The molecular formula is C12H24N4. The second-order valence-electron chi connectivity index (χ2n) is 4.35. The van der Waals surface area contributed by atoms with Gasteiger partial charge < -0.3 is 9.88 Å². The topological polar surface area (TPSA) is 42.7 Å². The fourth-order valence-corrected chi connectivity index (χ4v) is 1.74. The van der Waals surface area contributed by atoms with Crippen LogP contribution in [0.15, 0.2) is 0 Å². The largest absolute Gasteiger partial charge is 0.317 e. The molecule has 1 N–H and O–H groups in total. The molecule has 0 saturated heterocycles. The van der Waals surface area contributed by atoms with Gasteiger partial charge in [-0.15, -0.1) is 10.2 Å². The molecule has 1 aromatic rings. The molecular weight excluding hydrogens is 200 g/mol. The quantitative estimate of drug-likeness (QED) is 0.772. The molecule has 1 aromatic heterocycles. The van der Waals surface area contributed by atoms with E-state index in [2.05, 4.69) is 29.4 Å². The molecule has 1 rings (SSSR count). The van der Waals surface area contributed by atoms with E-state index in [1.807, 2.05) is 18.5 Å². The minimum atomic E-state index is 0.608. The highest BCUT2D eigenvalue weighted by Crippen LogP contribution is 2.05. The van der Waals surface area contributed by atoms with Gasteiger partial charge in [0.15, 0.2) is 0 Å². The van der Waals surface area contributed by atoms with E-state index < -0.39 is 0 Å². The fraction of sp³-hybridized carbons (Fsp3) is 0.833. The van der Waals surface area contributed by atoms with Crippen LogP contribution < -0.4 is 5.32 Å². The van der Waals surface area contributed by atoms with Crippen LogP contribution in [0.5, 0.6) is 0 Å². The van der Waals surface area contributed by atoms with Gasteiger partial charge in [0.05, 0.1) is 6.54 Å². The lowest BCUT2D eigenvalue weighted by Gasteiger charge is -2.16. The lowest BCUT2D eigenvalue weighted by Crippen LogP contribution is -2.29. The first-order valence-electron chi connectivity index (χ1n) is 6.27. The van der Waals surface area contributed by atoms with Gasteiger partial charge in [-0.2, -0.15) is 0 Å². The number of nitrogens with one attached hydrogen (secondary N) is 1. The molecule has 16 heavy (non-hydrogen) atoms. The van der Waals surface area contributed by atoms with Gasteiger partial charge >= 0.3 is 0 Å². The van der Waals surface area contributed by atoms with E-state index in [0.29, 0.717) is 6.04 Å². The molecule has 0 aliphatic heterocycles. The molecule has 0 fully saturated rings. The average Bonchev–Trinajstić information content (AvgIpc) is 2.61. The second-order valence-corrected chi connectivity index (χ2v) is 4.35. The molecule has 1 heterocycles. The fourth-order valence-electron chi connectivity index (χ4n) is 1.74. The highest BCUT2D eigenvalue weighted by Gasteiger charge is 2.08. The van der Waals surface area contributed by atoms with Crippen LogP contribution in [0.2, 0.25) is 0 Å². The molecule has 0 radical (unpaired) electrons. The van der Waals surface area contributed by atoms with E-state index in [-0.39, 0.29) is 0 Å². The van der Waals surface area contributed by atoms with Gasteiger partial charge in [-0.25, -0.2) is 0 Å². The van der Waals surface area contributed by atoms with Gasteiger partial charge in [0.1, 0.15) is 11.6 Å². The Balaban J connectivity index is 2.40. The SMILES string of the molecule is CCCCC(CC)NCc1nnc(C)n1C. The van der Waals surface area contributed by atoms with Crippen LogP contribution in [0.3, 0.4) is 0 Å². The van der Waals surface area contributed by atoms with E-state index in [1.165, 1.54) is 25.7 Å². The summed E-state index contributed by atoms with van der Waals surface area (Å²) in [5.74, 6) is 1.99. The zero-order valence-corrected chi connectivity index (χ0v) is 11.0. The number of hydrogen-bond acceptors (Lipinski definition) is 3. The maximum Gasteiger partial charge on any atom is 0.146 e. The summed E-state index contributed by atoms with van der Waals surface area (Å²) in [5.41, 5.74) is 0. The summed E-state index contributed by atoms with van der Waals surface area (Å²) in [6.45, 7) is 7.26. The number of hydrogen-bond donors (Lipinski definition) is 1. The molecule has 0 spiro atoms. The molecule has 0 aromatic carbocycles. The summed E-state index contributed by atoms with van der Waals surface area (Å²) in [6.07, 6.45) is 4.99. The van der Waals surface area contributed by atoms with Crippen molar-refractivity contribution in [2.75, 3.05) is 0 Å². The van der Waals surface area contributed by atoms with Crippen molar-refractivity contribution in [3.63, 3.8) is 0 Å². The molecule has 0 aliphatic carbocycles. The third-order valence-corrected chi connectivity index (χ3v) is 3.13. The first-order chi connectivity index (χ1) is 7.69. The Morgan fingerprint density at radius 3 is 2.56 bits per heavy atom. The highest BCUT2D eigenvalue weighted by atomic mass is 15.3. The molecule has 0 amide bonds. The average molecular weight is 224 g/mol. The molecule has 4 nitrogen and oxygen atoms in total. The number of aryl methyl sites for hydroxylation is 1. The van der Waals surface area contributed by atoms with Crippen LogP contribution in [0.25, 0.3) is 0 Å². The first kappa shape index (κ1) is 13.2. The second kappa shape index (κ2) is 6.63. The standard InChI is InChI=1S/C12H24N4/c1-5-7-8-11(6-2)13-9-12-15-14-10(3)16(12)4/h11,13H,5-9H2,1-4H3. The van der Waals surface area contributed by atoms with E-state index in [0.717, 1.165) is 18.2 Å². The Morgan fingerprint density at radius 1 is 1.31 bits per heavy atom. The lowest BCUT2D eigenvalue weighted by molar-refractivity contribution is 0.442. The summed E-state index contributed by atoms with van der Waals surface area (Å²) in [4.78, 5) is 0. The highest BCUT2D eigenvalue weighted by molar-refractivity contribution is 4.92. The van der Waals surface area contributed by atoms with Crippen molar-refractivity contribution < 1.29 is 0 Å². The van der Waals surface area contributed by atoms with Gasteiger partial charge in [0, 0.05) is 13.1 Å². The maximum atomic E-state index is 4.15. The zero-order chi connectivity index (χ0) is 12.0. The Bertz CT molecular complexity index is 306. The van der Waals surface area contributed by atoms with Crippen molar-refractivity contribution in [2.45, 2.75) is 59.0 Å². The van der Waals surface area contributed by atoms with Gasteiger partial charge in [0.2, 0.25) is 0 Å². The van der Waals surface area contributed by atoms with Gasteiger partial charge in [-0.05, 0) is 19.8 Å². The predicted molar refractivity (Wildman–Crippen MR) is 66.2 cm³/mol. The molecule has 1 unspecified atom stereocenters. The van der Waals surface area contributed by atoms with Crippen molar-refractivity contribution in [3.05, 3.63) is 11.6 Å². The van der Waals surface area contributed by atoms with Crippen LogP contribution in [0, 0.1) is 6.92 Å². The number of unbranched alkanes of at least 4 members (excludes halogenated alkanes) is 1. The van der Waals surface area contributed by atoms with Crippen LogP contribution in [0.1, 0.15) is 51.2 Å². The lowest BCUT2D eigenvalue weighted by atomic mass is 10.1. The van der Waals surface area contributed by atoms with Crippen molar-refractivity contribution >= 4 is 0 Å². The molecule has 0 aliphatic rings. The Labute approximate surface area is 98.5 Å². The minimum Gasteiger partial charge on any atom is -0.317 e. The third kappa shape index (κ3) is 3.59. The van der Waals surface area contributed by atoms with E-state index in [4.69, 9.17) is 0 Å². The van der Waals surface area contributed by atoms with Crippen molar-refractivity contribution in [1.29, 1.82) is 0 Å². The smallest absolute Gasteiger partial charge is 0.146 e. The summed E-state index contributed by atoms with van der Waals surface area (Å²) in [6, 6.07) is 0.608. The van der Waals surface area contributed by atoms with Gasteiger partial charge in [-0.3, -0.25) is 0 Å². The van der Waals surface area contributed by atoms with E-state index in [1.54, 1.807) is 0 Å². The number of rotatable bonds is 7. The summed E-state index contributed by atoms with van der Waals surface area (Å²) >= 11 is 0. The Kier molecular flexibility index (Phi) is 5.46. The summed E-state index contributed by atoms with van der Waals surface area (Å²) < 4.78 is 2.04. The zero-order valence-electron chi connectivity index (χ0n) is 11.0. The van der Waals surface area contributed by atoms with Gasteiger partial charge in [-0.1, -0.05) is 26.7 Å². The predicted octanol–water partition coefficient (Wildman–Crippen LogP) is 2.18. The summed E-state index contributed by atoms with van der Waals surface area (Å²) in [5, 5.41) is 11.8. The third-order valence-electron chi connectivity index (χ3n) is 3.13. The van der Waals surface area contributed by atoms with Gasteiger partial charge in [0.25, 0.3) is 0 Å². The number of nitrogens with zero attached hydrogens (tertiary/aromatic N) is 3. The normalized spacial score (nSPS) is 13.0. The van der Waals surface area contributed by atoms with E-state index >= 15 is 0 Å². The van der Waals surface area contributed by atoms with Crippen LogP contribution in [0.4, 0.5) is 0 Å². The molecule has 1 atom stereocenters. The van der Waals surface area contributed by atoms with E-state index in [9.17, 15) is 0 Å². The van der Waals surface area contributed by atoms with Crippen molar-refractivity contribution in [1.82, 2.24) is 20.1 Å². The van der Waals surface area contributed by atoms with Crippen LogP contribution in [-0.2, 0) is 13.6 Å². The first-order valence-corrected chi connectivity index (χ1v) is 6.27. The molecule has 4 heteroatoms.